The molecule has 1 aliphatic heterocycles. The number of morpholine rings is 1. The van der Waals surface area contributed by atoms with Crippen LogP contribution in [0, 0.1) is 0 Å². The molecule has 0 aromatic heterocycles. The summed E-state index contributed by atoms with van der Waals surface area (Å²) in [7, 11) is 4.74. The fourth-order valence-electron chi connectivity index (χ4n) is 4.26. The molecule has 1 aliphatic rings. The minimum atomic E-state index is 0.00381. The zero-order valence-corrected chi connectivity index (χ0v) is 20.3. The highest BCUT2D eigenvalue weighted by molar-refractivity contribution is 5.76. The number of carbonyl (C=O) groups excluding carboxylic acids is 1. The fourth-order valence-corrected chi connectivity index (χ4v) is 4.26. The molecular formula is C26H36N2O5. The Hall–Kier alpha value is -2.77. The topological polar surface area (TPSA) is 69.3 Å². The Balaban J connectivity index is 1.47. The van der Waals surface area contributed by atoms with E-state index in [2.05, 4.69) is 48.3 Å². The van der Waals surface area contributed by atoms with Crippen LogP contribution in [0.3, 0.4) is 0 Å². The second-order valence-corrected chi connectivity index (χ2v) is 8.58. The molecule has 2 aromatic rings. The van der Waals surface area contributed by atoms with Gasteiger partial charge in [-0.1, -0.05) is 24.3 Å². The Kier molecular flexibility index (Phi) is 8.97. The molecule has 0 bridgehead atoms. The lowest BCUT2D eigenvalue weighted by Gasteiger charge is -2.35. The summed E-state index contributed by atoms with van der Waals surface area (Å²) in [5.74, 6) is 1.74. The molecule has 1 saturated heterocycles. The third kappa shape index (κ3) is 7.11. The molecule has 0 spiro atoms. The predicted molar refractivity (Wildman–Crippen MR) is 128 cm³/mol. The van der Waals surface area contributed by atoms with Crippen LogP contribution in [0.5, 0.6) is 17.2 Å². The number of methoxy groups -OCH3 is 3. The fraction of sp³-hybridized carbons (Fsp3) is 0.500. The minimum absolute atomic E-state index is 0.00381. The van der Waals surface area contributed by atoms with E-state index >= 15 is 0 Å². The second-order valence-electron chi connectivity index (χ2n) is 8.58. The monoisotopic (exact) mass is 456 g/mol. The van der Waals surface area contributed by atoms with Crippen LogP contribution in [-0.2, 0) is 29.0 Å². The van der Waals surface area contributed by atoms with Crippen molar-refractivity contribution < 1.29 is 23.7 Å². The molecule has 3 rings (SSSR count). The average Bonchev–Trinajstić information content (AvgIpc) is 2.80. The van der Waals surface area contributed by atoms with Crippen molar-refractivity contribution in [3.63, 3.8) is 0 Å². The van der Waals surface area contributed by atoms with Crippen LogP contribution in [0.1, 0.15) is 37.0 Å². The third-order valence-corrected chi connectivity index (χ3v) is 5.78. The Bertz CT molecular complexity index is 880. The number of hydrogen-bond acceptors (Lipinski definition) is 6. The van der Waals surface area contributed by atoms with Crippen molar-refractivity contribution in [2.45, 2.75) is 52.0 Å². The van der Waals surface area contributed by atoms with E-state index in [9.17, 15) is 4.79 Å². The molecule has 33 heavy (non-hydrogen) atoms. The van der Waals surface area contributed by atoms with Gasteiger partial charge in [-0.2, -0.15) is 0 Å². The van der Waals surface area contributed by atoms with Crippen LogP contribution in [0.2, 0.25) is 0 Å². The first kappa shape index (κ1) is 24.9. The maximum absolute atomic E-state index is 12.4. The molecule has 180 valence electrons. The van der Waals surface area contributed by atoms with Gasteiger partial charge in [0.05, 0.1) is 33.5 Å². The molecule has 1 heterocycles. The van der Waals surface area contributed by atoms with E-state index in [-0.39, 0.29) is 18.1 Å². The van der Waals surface area contributed by atoms with Crippen molar-refractivity contribution >= 4 is 5.91 Å². The lowest BCUT2D eigenvalue weighted by Crippen LogP contribution is -2.44. The molecule has 1 amide bonds. The second kappa shape index (κ2) is 11.9. The van der Waals surface area contributed by atoms with Crippen LogP contribution < -0.4 is 19.5 Å². The van der Waals surface area contributed by atoms with Crippen LogP contribution in [0.25, 0.3) is 0 Å². The van der Waals surface area contributed by atoms with E-state index in [4.69, 9.17) is 18.9 Å². The molecule has 0 radical (unpaired) electrons. The van der Waals surface area contributed by atoms with Crippen molar-refractivity contribution in [1.82, 2.24) is 10.2 Å². The third-order valence-electron chi connectivity index (χ3n) is 5.78. The quantitative estimate of drug-likeness (QED) is 0.590. The van der Waals surface area contributed by atoms with Gasteiger partial charge >= 0.3 is 0 Å². The van der Waals surface area contributed by atoms with Crippen molar-refractivity contribution in [3.8, 4) is 17.2 Å². The SMILES string of the molecule is COc1cc(CCC(=O)NCc2ccc(CN3CC(C)OC(C)C3)cc2)cc(OC)c1OC. The van der Waals surface area contributed by atoms with Crippen molar-refractivity contribution in [2.75, 3.05) is 34.4 Å². The van der Waals surface area contributed by atoms with Crippen LogP contribution in [-0.4, -0.2) is 57.4 Å². The summed E-state index contributed by atoms with van der Waals surface area (Å²) in [4.78, 5) is 14.8. The van der Waals surface area contributed by atoms with E-state index < -0.39 is 0 Å². The number of benzene rings is 2. The Morgan fingerprint density at radius 3 is 2.06 bits per heavy atom. The van der Waals surface area contributed by atoms with Gasteiger partial charge in [-0.3, -0.25) is 9.69 Å². The molecule has 1 fully saturated rings. The maximum atomic E-state index is 12.4. The molecule has 2 aromatic carbocycles. The van der Waals surface area contributed by atoms with Gasteiger partial charge in [0.15, 0.2) is 11.5 Å². The van der Waals surface area contributed by atoms with Gasteiger partial charge in [0.1, 0.15) is 0 Å². The summed E-state index contributed by atoms with van der Waals surface area (Å²) in [6.07, 6.45) is 1.49. The Labute approximate surface area is 197 Å². The summed E-state index contributed by atoms with van der Waals surface area (Å²) in [6, 6.07) is 12.2. The molecule has 2 atom stereocenters. The van der Waals surface area contributed by atoms with E-state index in [0.29, 0.717) is 36.6 Å². The molecule has 2 unspecified atom stereocenters. The Morgan fingerprint density at radius 1 is 0.939 bits per heavy atom. The van der Waals surface area contributed by atoms with Crippen molar-refractivity contribution in [2.24, 2.45) is 0 Å². The van der Waals surface area contributed by atoms with E-state index in [0.717, 1.165) is 30.8 Å². The zero-order valence-electron chi connectivity index (χ0n) is 20.3. The van der Waals surface area contributed by atoms with Gasteiger partial charge in [-0.25, -0.2) is 0 Å². The summed E-state index contributed by atoms with van der Waals surface area (Å²) in [5.41, 5.74) is 3.31. The number of nitrogens with one attached hydrogen (secondary N) is 1. The zero-order chi connectivity index (χ0) is 23.8. The van der Waals surface area contributed by atoms with Gasteiger partial charge in [0.2, 0.25) is 11.7 Å². The summed E-state index contributed by atoms with van der Waals surface area (Å²) < 4.78 is 21.9. The average molecular weight is 457 g/mol. The number of aryl methyl sites for hydroxylation is 1. The predicted octanol–water partition coefficient (Wildman–Crippen LogP) is 3.57. The minimum Gasteiger partial charge on any atom is -0.493 e. The highest BCUT2D eigenvalue weighted by Gasteiger charge is 2.22. The summed E-state index contributed by atoms with van der Waals surface area (Å²) >= 11 is 0. The largest absolute Gasteiger partial charge is 0.493 e. The number of amides is 1. The number of rotatable bonds is 10. The molecule has 1 N–H and O–H groups in total. The van der Waals surface area contributed by atoms with Crippen molar-refractivity contribution in [1.29, 1.82) is 0 Å². The summed E-state index contributed by atoms with van der Waals surface area (Å²) in [5, 5.41) is 3.01. The van der Waals surface area contributed by atoms with E-state index in [1.54, 1.807) is 21.3 Å². The number of carbonyl (C=O) groups is 1. The number of hydrogen-bond donors (Lipinski definition) is 1. The van der Waals surface area contributed by atoms with E-state index in [1.807, 2.05) is 12.1 Å². The number of ether oxygens (including phenoxy) is 4. The lowest BCUT2D eigenvalue weighted by atomic mass is 10.1. The van der Waals surface area contributed by atoms with E-state index in [1.165, 1.54) is 5.56 Å². The van der Waals surface area contributed by atoms with Gasteiger partial charge in [-0.15, -0.1) is 0 Å². The van der Waals surface area contributed by atoms with Crippen LogP contribution >= 0.6 is 0 Å². The first-order valence-corrected chi connectivity index (χ1v) is 11.4. The van der Waals surface area contributed by atoms with Gasteiger partial charge in [0, 0.05) is 32.6 Å². The molecule has 7 nitrogen and oxygen atoms in total. The van der Waals surface area contributed by atoms with Crippen LogP contribution in [0.15, 0.2) is 36.4 Å². The molecule has 0 saturated carbocycles. The molecular weight excluding hydrogens is 420 g/mol. The van der Waals surface area contributed by atoms with Crippen LogP contribution in [0.4, 0.5) is 0 Å². The first-order chi connectivity index (χ1) is 15.9. The Morgan fingerprint density at radius 2 is 1.52 bits per heavy atom. The number of nitrogens with zero attached hydrogens (tertiary/aromatic N) is 1. The van der Waals surface area contributed by atoms with Gasteiger partial charge < -0.3 is 24.3 Å². The van der Waals surface area contributed by atoms with Gasteiger partial charge in [0.25, 0.3) is 0 Å². The van der Waals surface area contributed by atoms with Crippen molar-refractivity contribution in [3.05, 3.63) is 53.1 Å². The summed E-state index contributed by atoms with van der Waals surface area (Å²) in [6.45, 7) is 7.58. The smallest absolute Gasteiger partial charge is 0.220 e. The molecule has 7 heteroatoms. The standard InChI is InChI=1S/C26H36N2O5/c1-18-15-28(16-19(2)33-18)17-21-8-6-20(7-9-21)14-27-25(29)11-10-22-12-23(30-3)26(32-5)24(13-22)31-4/h6-9,12-13,18-19H,10-11,14-17H2,1-5H3,(H,27,29). The normalized spacial score (nSPS) is 18.6. The maximum Gasteiger partial charge on any atom is 0.220 e. The first-order valence-electron chi connectivity index (χ1n) is 11.4. The van der Waals surface area contributed by atoms with Gasteiger partial charge in [-0.05, 0) is 49.1 Å². The highest BCUT2D eigenvalue weighted by Crippen LogP contribution is 2.38. The lowest BCUT2D eigenvalue weighted by molar-refractivity contribution is -0.121. The molecule has 0 aliphatic carbocycles. The highest BCUT2D eigenvalue weighted by atomic mass is 16.5.